The Morgan fingerprint density at radius 3 is 2.42 bits per heavy atom. The fourth-order valence-electron chi connectivity index (χ4n) is 2.72. The largest absolute Gasteiger partial charge is 0.353 e. The molecule has 2 heterocycles. The summed E-state index contributed by atoms with van der Waals surface area (Å²) in [7, 11) is 0. The number of aromatic nitrogens is 1. The number of nitrogens with two attached hydrogens (primary N) is 1. The lowest BCUT2D eigenvalue weighted by molar-refractivity contribution is -0.124. The molecule has 0 saturated carbocycles. The van der Waals surface area contributed by atoms with E-state index in [1.54, 1.807) is 11.1 Å². The van der Waals surface area contributed by atoms with Crippen LogP contribution in [0.4, 0.5) is 5.82 Å². The van der Waals surface area contributed by atoms with E-state index in [2.05, 4.69) is 37.6 Å². The molecule has 2 aromatic rings. The van der Waals surface area contributed by atoms with E-state index in [-0.39, 0.29) is 5.91 Å². The number of benzene rings is 1. The molecule has 0 atom stereocenters. The van der Waals surface area contributed by atoms with Crippen LogP contribution in [-0.4, -0.2) is 47.7 Å². The van der Waals surface area contributed by atoms with E-state index in [1.807, 2.05) is 42.5 Å². The number of piperazine rings is 1. The molecule has 0 spiro atoms. The van der Waals surface area contributed by atoms with Crippen molar-refractivity contribution in [3.63, 3.8) is 0 Å². The number of rotatable bonds is 3. The number of carbonyl (C=O) groups is 1. The van der Waals surface area contributed by atoms with Gasteiger partial charge in [0.25, 0.3) is 5.91 Å². The van der Waals surface area contributed by atoms with Gasteiger partial charge in [-0.3, -0.25) is 4.79 Å². The van der Waals surface area contributed by atoms with E-state index in [0.29, 0.717) is 18.8 Å². The number of hydrogen-bond acceptors (Lipinski definition) is 5. The SMILES string of the molecule is N/N=C(/C(=O)N1CCN(c2ccccn2)CC1)c1ccccc1I. The van der Waals surface area contributed by atoms with Gasteiger partial charge >= 0.3 is 0 Å². The minimum atomic E-state index is -0.123. The monoisotopic (exact) mass is 435 g/mol. The van der Waals surface area contributed by atoms with Gasteiger partial charge in [-0.1, -0.05) is 24.3 Å². The van der Waals surface area contributed by atoms with Gasteiger partial charge in [0.1, 0.15) is 5.82 Å². The van der Waals surface area contributed by atoms with Gasteiger partial charge in [-0.2, -0.15) is 5.10 Å². The number of hydrogen-bond donors (Lipinski definition) is 1. The van der Waals surface area contributed by atoms with E-state index in [4.69, 9.17) is 5.84 Å². The number of anilines is 1. The Hall–Kier alpha value is -2.16. The van der Waals surface area contributed by atoms with Gasteiger partial charge in [0.05, 0.1) is 0 Å². The van der Waals surface area contributed by atoms with E-state index < -0.39 is 0 Å². The lowest BCUT2D eigenvalue weighted by Crippen LogP contribution is -2.51. The first-order valence-corrected chi connectivity index (χ1v) is 8.76. The minimum absolute atomic E-state index is 0.123. The fourth-order valence-corrected chi connectivity index (χ4v) is 3.37. The average Bonchev–Trinajstić information content (AvgIpc) is 2.64. The highest BCUT2D eigenvalue weighted by molar-refractivity contribution is 14.1. The highest BCUT2D eigenvalue weighted by Gasteiger charge is 2.26. The number of hydrazone groups is 1. The first-order chi connectivity index (χ1) is 11.7. The molecule has 7 heteroatoms. The van der Waals surface area contributed by atoms with Crippen LogP contribution in [0.1, 0.15) is 5.56 Å². The summed E-state index contributed by atoms with van der Waals surface area (Å²) in [6.45, 7) is 2.73. The van der Waals surface area contributed by atoms with Gasteiger partial charge in [0.2, 0.25) is 0 Å². The van der Waals surface area contributed by atoms with Gasteiger partial charge < -0.3 is 15.6 Å². The summed E-state index contributed by atoms with van der Waals surface area (Å²) in [5, 5.41) is 3.77. The molecule has 0 bridgehead atoms. The Bertz CT molecular complexity index is 742. The van der Waals surface area contributed by atoms with E-state index in [1.165, 1.54) is 0 Å². The highest BCUT2D eigenvalue weighted by Crippen LogP contribution is 2.16. The molecule has 1 fully saturated rings. The molecular formula is C17H18IN5O. The van der Waals surface area contributed by atoms with Crippen molar-refractivity contribution < 1.29 is 4.79 Å². The molecule has 6 nitrogen and oxygen atoms in total. The van der Waals surface area contributed by atoms with Crippen molar-refractivity contribution in [2.24, 2.45) is 10.9 Å². The van der Waals surface area contributed by atoms with Crippen LogP contribution in [-0.2, 0) is 4.79 Å². The molecule has 124 valence electrons. The Labute approximate surface area is 154 Å². The van der Waals surface area contributed by atoms with Crippen molar-refractivity contribution in [1.29, 1.82) is 0 Å². The lowest BCUT2D eigenvalue weighted by Gasteiger charge is -2.35. The van der Waals surface area contributed by atoms with Crippen LogP contribution >= 0.6 is 22.6 Å². The number of halogens is 1. The van der Waals surface area contributed by atoms with Crippen molar-refractivity contribution in [2.75, 3.05) is 31.1 Å². The standard InChI is InChI=1S/C17H18IN5O/c18-14-6-2-1-5-13(14)16(21-19)17(24)23-11-9-22(10-12-23)15-7-3-4-8-20-15/h1-8H,9-12,19H2/b21-16+. The molecular weight excluding hydrogens is 417 g/mol. The third-order valence-electron chi connectivity index (χ3n) is 4.00. The smallest absolute Gasteiger partial charge is 0.275 e. The quantitative estimate of drug-likeness (QED) is 0.345. The second kappa shape index (κ2) is 7.61. The fraction of sp³-hybridized carbons (Fsp3) is 0.235. The summed E-state index contributed by atoms with van der Waals surface area (Å²) in [6.07, 6.45) is 1.78. The molecule has 1 aromatic carbocycles. The predicted octanol–water partition coefficient (Wildman–Crippen LogP) is 1.70. The molecule has 1 aliphatic rings. The zero-order valence-corrected chi connectivity index (χ0v) is 15.3. The molecule has 1 saturated heterocycles. The molecule has 0 aliphatic carbocycles. The van der Waals surface area contributed by atoms with Crippen LogP contribution < -0.4 is 10.7 Å². The second-order valence-electron chi connectivity index (χ2n) is 5.42. The van der Waals surface area contributed by atoms with Crippen molar-refractivity contribution >= 4 is 40.0 Å². The molecule has 1 amide bonds. The van der Waals surface area contributed by atoms with Crippen molar-refractivity contribution in [1.82, 2.24) is 9.88 Å². The molecule has 1 aliphatic heterocycles. The summed E-state index contributed by atoms with van der Waals surface area (Å²) in [5.74, 6) is 6.33. The maximum Gasteiger partial charge on any atom is 0.275 e. The Morgan fingerprint density at radius 1 is 1.08 bits per heavy atom. The van der Waals surface area contributed by atoms with Gasteiger partial charge in [0, 0.05) is 41.5 Å². The second-order valence-corrected chi connectivity index (χ2v) is 6.59. The molecule has 0 radical (unpaired) electrons. The predicted molar refractivity (Wildman–Crippen MR) is 103 cm³/mol. The molecule has 3 rings (SSSR count). The highest BCUT2D eigenvalue weighted by atomic mass is 127. The molecule has 1 aromatic heterocycles. The zero-order valence-electron chi connectivity index (χ0n) is 13.1. The molecule has 0 unspecified atom stereocenters. The van der Waals surface area contributed by atoms with E-state index >= 15 is 0 Å². The van der Waals surface area contributed by atoms with Crippen LogP contribution in [0.3, 0.4) is 0 Å². The van der Waals surface area contributed by atoms with Gasteiger partial charge in [-0.25, -0.2) is 4.98 Å². The van der Waals surface area contributed by atoms with Gasteiger partial charge in [-0.05, 0) is 40.8 Å². The summed E-state index contributed by atoms with van der Waals surface area (Å²) < 4.78 is 0.958. The zero-order chi connectivity index (χ0) is 16.9. The van der Waals surface area contributed by atoms with E-state index in [9.17, 15) is 4.79 Å². The third kappa shape index (κ3) is 3.50. The van der Waals surface area contributed by atoms with Crippen molar-refractivity contribution in [3.8, 4) is 0 Å². The van der Waals surface area contributed by atoms with Gasteiger partial charge in [-0.15, -0.1) is 0 Å². The minimum Gasteiger partial charge on any atom is -0.353 e. The maximum atomic E-state index is 12.8. The summed E-state index contributed by atoms with van der Waals surface area (Å²) in [4.78, 5) is 21.1. The van der Waals surface area contributed by atoms with Crippen molar-refractivity contribution in [2.45, 2.75) is 0 Å². The third-order valence-corrected chi connectivity index (χ3v) is 4.94. The first-order valence-electron chi connectivity index (χ1n) is 7.68. The Kier molecular flexibility index (Phi) is 5.29. The van der Waals surface area contributed by atoms with Gasteiger partial charge in [0.15, 0.2) is 5.71 Å². The summed E-state index contributed by atoms with van der Waals surface area (Å²) in [6, 6.07) is 13.5. The van der Waals surface area contributed by atoms with Crippen molar-refractivity contribution in [3.05, 3.63) is 57.8 Å². The molecule has 2 N–H and O–H groups in total. The lowest BCUT2D eigenvalue weighted by atomic mass is 10.1. The van der Waals surface area contributed by atoms with Crippen LogP contribution in [0, 0.1) is 3.57 Å². The number of nitrogens with zero attached hydrogens (tertiary/aromatic N) is 4. The van der Waals surface area contributed by atoms with Crippen LogP contribution in [0.25, 0.3) is 0 Å². The molecule has 24 heavy (non-hydrogen) atoms. The maximum absolute atomic E-state index is 12.8. The Morgan fingerprint density at radius 2 is 1.79 bits per heavy atom. The topological polar surface area (TPSA) is 74.8 Å². The van der Waals surface area contributed by atoms with Crippen LogP contribution in [0.5, 0.6) is 0 Å². The Balaban J connectivity index is 1.70. The van der Waals surface area contributed by atoms with Crippen LogP contribution in [0.15, 0.2) is 53.8 Å². The van der Waals surface area contributed by atoms with Crippen LogP contribution in [0.2, 0.25) is 0 Å². The van der Waals surface area contributed by atoms with E-state index in [0.717, 1.165) is 28.0 Å². The first kappa shape index (κ1) is 16.7. The number of amides is 1. The number of pyridine rings is 1. The summed E-state index contributed by atoms with van der Waals surface area (Å²) >= 11 is 2.19. The normalized spacial score (nSPS) is 15.5. The summed E-state index contributed by atoms with van der Waals surface area (Å²) in [5.41, 5.74) is 1.09. The average molecular weight is 435 g/mol. The number of carbonyl (C=O) groups excluding carboxylic acids is 1.